The van der Waals surface area contributed by atoms with Crippen LogP contribution in [0.25, 0.3) is 10.9 Å². The van der Waals surface area contributed by atoms with E-state index in [0.717, 1.165) is 10.9 Å². The van der Waals surface area contributed by atoms with E-state index >= 15 is 0 Å². The quantitative estimate of drug-likeness (QED) is 0.803. The van der Waals surface area contributed by atoms with E-state index in [4.69, 9.17) is 0 Å². The molecule has 2 rings (SSSR count). The number of anilines is 1. The zero-order valence-electron chi connectivity index (χ0n) is 10.7. The molecule has 0 aliphatic carbocycles. The van der Waals surface area contributed by atoms with Gasteiger partial charge in [-0.3, -0.25) is 10.2 Å². The Bertz CT molecular complexity index is 580. The second-order valence-corrected chi connectivity index (χ2v) is 4.16. The second kappa shape index (κ2) is 5.01. The molecular formula is C13H16N4O. The number of carbonyl (C=O) groups excluding carboxylic acids is 1. The number of carbonyl (C=O) groups is 1. The van der Waals surface area contributed by atoms with Gasteiger partial charge in [0.15, 0.2) is 0 Å². The standard InChI is InChI=1S/C13H16N4O/c1-14-12-8-10(13(18)16-17(2)3)9-6-4-5-7-11(9)15-12/h4-8H,1-3H3,(H,14,15)(H,16,18). The van der Waals surface area contributed by atoms with Gasteiger partial charge in [-0.1, -0.05) is 18.2 Å². The van der Waals surface area contributed by atoms with Crippen molar-refractivity contribution in [1.29, 1.82) is 0 Å². The number of fused-ring (bicyclic) bond motifs is 1. The zero-order valence-corrected chi connectivity index (χ0v) is 10.7. The van der Waals surface area contributed by atoms with Gasteiger partial charge >= 0.3 is 0 Å². The Hall–Kier alpha value is -2.14. The summed E-state index contributed by atoms with van der Waals surface area (Å²) < 4.78 is 0. The third kappa shape index (κ3) is 2.41. The maximum Gasteiger partial charge on any atom is 0.266 e. The molecule has 0 saturated carbocycles. The molecular weight excluding hydrogens is 228 g/mol. The molecule has 94 valence electrons. The normalized spacial score (nSPS) is 10.7. The molecule has 0 radical (unpaired) electrons. The predicted molar refractivity (Wildman–Crippen MR) is 72.4 cm³/mol. The van der Waals surface area contributed by atoms with Crippen LogP contribution in [0.2, 0.25) is 0 Å². The first-order chi connectivity index (χ1) is 8.61. The highest BCUT2D eigenvalue weighted by Crippen LogP contribution is 2.20. The fourth-order valence-corrected chi connectivity index (χ4v) is 1.75. The van der Waals surface area contributed by atoms with Crippen molar-refractivity contribution in [2.75, 3.05) is 26.5 Å². The first-order valence-corrected chi connectivity index (χ1v) is 5.67. The summed E-state index contributed by atoms with van der Waals surface area (Å²) in [5.74, 6) is 0.535. The Morgan fingerprint density at radius 2 is 2.00 bits per heavy atom. The molecule has 0 atom stereocenters. The first-order valence-electron chi connectivity index (χ1n) is 5.67. The molecule has 1 heterocycles. The average Bonchev–Trinajstić information content (AvgIpc) is 2.36. The van der Waals surface area contributed by atoms with Gasteiger partial charge in [0.05, 0.1) is 11.1 Å². The molecule has 1 aromatic carbocycles. The van der Waals surface area contributed by atoms with Crippen LogP contribution in [0.1, 0.15) is 10.4 Å². The third-order valence-electron chi connectivity index (χ3n) is 2.54. The minimum atomic E-state index is -0.143. The number of benzene rings is 1. The lowest BCUT2D eigenvalue weighted by molar-refractivity contribution is 0.0858. The Morgan fingerprint density at radius 3 is 2.67 bits per heavy atom. The molecule has 0 aliphatic heterocycles. The maximum absolute atomic E-state index is 12.1. The summed E-state index contributed by atoms with van der Waals surface area (Å²) in [4.78, 5) is 16.5. The van der Waals surface area contributed by atoms with Gasteiger partial charge in [0.25, 0.3) is 5.91 Å². The topological polar surface area (TPSA) is 57.3 Å². The minimum absolute atomic E-state index is 0.143. The molecule has 18 heavy (non-hydrogen) atoms. The second-order valence-electron chi connectivity index (χ2n) is 4.16. The largest absolute Gasteiger partial charge is 0.373 e. The fraction of sp³-hybridized carbons (Fsp3) is 0.231. The molecule has 0 saturated heterocycles. The summed E-state index contributed by atoms with van der Waals surface area (Å²) in [5.41, 5.74) is 4.15. The number of aromatic nitrogens is 1. The highest BCUT2D eigenvalue weighted by atomic mass is 16.2. The summed E-state index contributed by atoms with van der Waals surface area (Å²) in [6.45, 7) is 0. The van der Waals surface area contributed by atoms with Crippen LogP contribution in [-0.4, -0.2) is 37.0 Å². The molecule has 0 unspecified atom stereocenters. The number of para-hydroxylation sites is 1. The van der Waals surface area contributed by atoms with E-state index in [-0.39, 0.29) is 5.91 Å². The van der Waals surface area contributed by atoms with Crippen molar-refractivity contribution < 1.29 is 4.79 Å². The highest BCUT2D eigenvalue weighted by Gasteiger charge is 2.12. The molecule has 0 fully saturated rings. The molecule has 0 spiro atoms. The van der Waals surface area contributed by atoms with Crippen LogP contribution in [0.3, 0.4) is 0 Å². The van der Waals surface area contributed by atoms with Gasteiger partial charge in [-0.25, -0.2) is 9.99 Å². The monoisotopic (exact) mass is 244 g/mol. The Morgan fingerprint density at radius 1 is 1.28 bits per heavy atom. The van der Waals surface area contributed by atoms with Crippen molar-refractivity contribution in [3.8, 4) is 0 Å². The number of hydrogen-bond donors (Lipinski definition) is 2. The van der Waals surface area contributed by atoms with Crippen molar-refractivity contribution in [2.45, 2.75) is 0 Å². The third-order valence-corrected chi connectivity index (χ3v) is 2.54. The van der Waals surface area contributed by atoms with Crippen LogP contribution < -0.4 is 10.7 Å². The van der Waals surface area contributed by atoms with Crippen LogP contribution in [0.5, 0.6) is 0 Å². The van der Waals surface area contributed by atoms with Crippen molar-refractivity contribution in [1.82, 2.24) is 15.4 Å². The van der Waals surface area contributed by atoms with Crippen LogP contribution in [-0.2, 0) is 0 Å². The molecule has 5 nitrogen and oxygen atoms in total. The molecule has 0 aliphatic rings. The summed E-state index contributed by atoms with van der Waals surface area (Å²) in [6, 6.07) is 9.34. The predicted octanol–water partition coefficient (Wildman–Crippen LogP) is 1.48. The highest BCUT2D eigenvalue weighted by molar-refractivity contribution is 6.06. The fourth-order valence-electron chi connectivity index (χ4n) is 1.75. The van der Waals surface area contributed by atoms with Crippen LogP contribution in [0.4, 0.5) is 5.82 Å². The molecule has 5 heteroatoms. The van der Waals surface area contributed by atoms with E-state index in [2.05, 4.69) is 15.7 Å². The molecule has 1 amide bonds. The Balaban J connectivity index is 2.56. The number of hydrogen-bond acceptors (Lipinski definition) is 4. The Labute approximate surface area is 106 Å². The maximum atomic E-state index is 12.1. The van der Waals surface area contributed by atoms with E-state index in [0.29, 0.717) is 11.4 Å². The van der Waals surface area contributed by atoms with Crippen molar-refractivity contribution >= 4 is 22.6 Å². The van der Waals surface area contributed by atoms with E-state index in [1.807, 2.05) is 24.3 Å². The van der Waals surface area contributed by atoms with Gasteiger partial charge in [-0.2, -0.15) is 0 Å². The molecule has 2 N–H and O–H groups in total. The number of pyridine rings is 1. The lowest BCUT2D eigenvalue weighted by Crippen LogP contribution is -2.36. The van der Waals surface area contributed by atoms with Gasteiger partial charge in [0.1, 0.15) is 5.82 Å². The lowest BCUT2D eigenvalue weighted by atomic mass is 10.1. The number of rotatable bonds is 3. The number of nitrogens with one attached hydrogen (secondary N) is 2. The number of hydrazine groups is 1. The zero-order chi connectivity index (χ0) is 13.1. The Kier molecular flexibility index (Phi) is 3.43. The van der Waals surface area contributed by atoms with Gasteiger partial charge in [0.2, 0.25) is 0 Å². The summed E-state index contributed by atoms with van der Waals surface area (Å²) in [6.07, 6.45) is 0. The van der Waals surface area contributed by atoms with Crippen LogP contribution >= 0.6 is 0 Å². The van der Waals surface area contributed by atoms with Gasteiger partial charge < -0.3 is 5.32 Å². The van der Waals surface area contributed by atoms with E-state index in [1.54, 1.807) is 32.2 Å². The van der Waals surface area contributed by atoms with E-state index in [9.17, 15) is 4.79 Å². The summed E-state index contributed by atoms with van der Waals surface area (Å²) >= 11 is 0. The smallest absolute Gasteiger partial charge is 0.266 e. The summed E-state index contributed by atoms with van der Waals surface area (Å²) in [7, 11) is 5.34. The minimum Gasteiger partial charge on any atom is -0.373 e. The summed E-state index contributed by atoms with van der Waals surface area (Å²) in [5, 5.41) is 5.43. The lowest BCUT2D eigenvalue weighted by Gasteiger charge is -2.14. The van der Waals surface area contributed by atoms with E-state index < -0.39 is 0 Å². The van der Waals surface area contributed by atoms with Crippen molar-refractivity contribution in [3.05, 3.63) is 35.9 Å². The van der Waals surface area contributed by atoms with Gasteiger partial charge in [0, 0.05) is 26.5 Å². The van der Waals surface area contributed by atoms with Crippen LogP contribution in [0, 0.1) is 0 Å². The molecule has 0 bridgehead atoms. The number of amides is 1. The average molecular weight is 244 g/mol. The van der Waals surface area contributed by atoms with Crippen LogP contribution in [0.15, 0.2) is 30.3 Å². The van der Waals surface area contributed by atoms with Crippen molar-refractivity contribution in [3.63, 3.8) is 0 Å². The van der Waals surface area contributed by atoms with Crippen molar-refractivity contribution in [2.24, 2.45) is 0 Å². The molecule has 1 aromatic heterocycles. The molecule has 2 aromatic rings. The SMILES string of the molecule is CNc1cc(C(=O)NN(C)C)c2ccccc2n1. The van der Waals surface area contributed by atoms with Gasteiger partial charge in [-0.05, 0) is 12.1 Å². The first kappa shape index (κ1) is 12.3. The van der Waals surface area contributed by atoms with Gasteiger partial charge in [-0.15, -0.1) is 0 Å². The van der Waals surface area contributed by atoms with E-state index in [1.165, 1.54) is 0 Å². The number of nitrogens with zero attached hydrogens (tertiary/aromatic N) is 2.